The minimum absolute atomic E-state index is 0.0952. The van der Waals surface area contributed by atoms with Gasteiger partial charge in [-0.1, -0.05) is 50.1 Å². The molecule has 1 saturated carbocycles. The molecule has 0 radical (unpaired) electrons. The molecule has 0 bridgehead atoms. The molecular weight excluding hydrogens is 406 g/mol. The topological polar surface area (TPSA) is 93.8 Å². The van der Waals surface area contributed by atoms with Gasteiger partial charge in [-0.2, -0.15) is 0 Å². The number of amides is 4. The summed E-state index contributed by atoms with van der Waals surface area (Å²) < 4.78 is 0. The zero-order valence-corrected chi connectivity index (χ0v) is 19.1. The number of benzene rings is 1. The van der Waals surface area contributed by atoms with Crippen LogP contribution in [0.4, 0.5) is 4.79 Å². The van der Waals surface area contributed by atoms with E-state index in [4.69, 9.17) is 0 Å². The molecular formula is C24H35N5O3. The van der Waals surface area contributed by atoms with Crippen LogP contribution in [0, 0.1) is 5.92 Å². The lowest BCUT2D eigenvalue weighted by Crippen LogP contribution is -2.54. The minimum Gasteiger partial charge on any atom is -0.344 e. The second-order valence-electron chi connectivity index (χ2n) is 9.58. The average Bonchev–Trinajstić information content (AvgIpc) is 3.35. The summed E-state index contributed by atoms with van der Waals surface area (Å²) in [6, 6.07) is 10.6. The van der Waals surface area contributed by atoms with Gasteiger partial charge in [-0.3, -0.25) is 25.3 Å². The summed E-state index contributed by atoms with van der Waals surface area (Å²) in [4.78, 5) is 41.0. The predicted molar refractivity (Wildman–Crippen MR) is 121 cm³/mol. The molecule has 8 nitrogen and oxygen atoms in total. The highest BCUT2D eigenvalue weighted by Crippen LogP contribution is 2.38. The van der Waals surface area contributed by atoms with E-state index in [1.807, 2.05) is 25.1 Å². The van der Waals surface area contributed by atoms with Gasteiger partial charge in [-0.25, -0.2) is 4.79 Å². The minimum atomic E-state index is -0.815. The fourth-order valence-electron chi connectivity index (χ4n) is 5.31. The van der Waals surface area contributed by atoms with Gasteiger partial charge >= 0.3 is 6.03 Å². The molecule has 8 heteroatoms. The monoisotopic (exact) mass is 441 g/mol. The summed E-state index contributed by atoms with van der Waals surface area (Å²) in [5.74, 6) is -0.337. The highest BCUT2D eigenvalue weighted by molar-refractivity contribution is 6.09. The number of nitrogens with zero attached hydrogens (tertiary/aromatic N) is 2. The number of hydrogen-bond donors (Lipinski definition) is 3. The van der Waals surface area contributed by atoms with Crippen molar-refractivity contribution in [1.82, 2.24) is 26.0 Å². The molecule has 1 aromatic rings. The standard InChI is InChI=1S/C24H35N5O3/c1-17-9-6-7-13-24(17)22(31)29(23(32)25-24)16-21(30)28(2)14-8-12-19-15-20(27-26-19)18-10-4-3-5-11-18/h3-5,10-11,17,19-20,26-27H,6-9,12-16H2,1-2H3,(H,25,32). The van der Waals surface area contributed by atoms with Crippen molar-refractivity contribution in [1.29, 1.82) is 0 Å². The second kappa shape index (κ2) is 9.58. The number of imide groups is 1. The van der Waals surface area contributed by atoms with Crippen LogP contribution >= 0.6 is 0 Å². The van der Waals surface area contributed by atoms with Crippen LogP contribution in [-0.2, 0) is 9.59 Å². The number of carbonyl (C=O) groups is 3. The number of rotatable bonds is 7. The van der Waals surface area contributed by atoms with Crippen molar-refractivity contribution >= 4 is 17.8 Å². The molecule has 3 fully saturated rings. The molecule has 1 spiro atoms. The first-order chi connectivity index (χ1) is 15.4. The lowest BCUT2D eigenvalue weighted by Gasteiger charge is -2.36. The van der Waals surface area contributed by atoms with Gasteiger partial charge in [0.05, 0.1) is 0 Å². The molecule has 4 rings (SSSR count). The zero-order valence-electron chi connectivity index (χ0n) is 19.1. The van der Waals surface area contributed by atoms with Crippen molar-refractivity contribution in [2.45, 2.75) is 69.5 Å². The number of likely N-dealkylation sites (N-methyl/N-ethyl adjacent to an activating group) is 1. The van der Waals surface area contributed by atoms with Gasteiger partial charge in [0, 0.05) is 25.7 Å². The first-order valence-corrected chi connectivity index (χ1v) is 11.8. The maximum absolute atomic E-state index is 13.1. The van der Waals surface area contributed by atoms with Crippen LogP contribution in [0.5, 0.6) is 0 Å². The summed E-state index contributed by atoms with van der Waals surface area (Å²) in [6.07, 6.45) is 6.37. The highest BCUT2D eigenvalue weighted by atomic mass is 16.2. The third-order valence-corrected chi connectivity index (χ3v) is 7.45. The second-order valence-corrected chi connectivity index (χ2v) is 9.58. The fraction of sp³-hybridized carbons (Fsp3) is 0.625. The largest absolute Gasteiger partial charge is 0.344 e. The quantitative estimate of drug-likeness (QED) is 0.565. The van der Waals surface area contributed by atoms with Crippen LogP contribution < -0.4 is 16.2 Å². The highest BCUT2D eigenvalue weighted by Gasteiger charge is 2.55. The molecule has 2 heterocycles. The number of nitrogens with one attached hydrogen (secondary N) is 3. The third kappa shape index (κ3) is 4.52. The summed E-state index contributed by atoms with van der Waals surface area (Å²) in [5, 5.41) is 2.91. The van der Waals surface area contributed by atoms with E-state index in [-0.39, 0.29) is 24.3 Å². The van der Waals surface area contributed by atoms with Crippen molar-refractivity contribution in [3.63, 3.8) is 0 Å². The molecule has 2 aliphatic heterocycles. The van der Waals surface area contributed by atoms with E-state index in [1.165, 1.54) is 5.56 Å². The van der Waals surface area contributed by atoms with Gasteiger partial charge in [0.15, 0.2) is 0 Å². The number of carbonyl (C=O) groups excluding carboxylic acids is 3. The first-order valence-electron chi connectivity index (χ1n) is 11.8. The SMILES string of the molecule is CC1CCCCC12NC(=O)N(CC(=O)N(C)CCCC1CC(c3ccccc3)NN1)C2=O. The Kier molecular flexibility index (Phi) is 6.81. The molecule has 4 unspecified atom stereocenters. The molecule has 1 aliphatic carbocycles. The molecule has 0 aromatic heterocycles. The molecule has 32 heavy (non-hydrogen) atoms. The van der Waals surface area contributed by atoms with E-state index >= 15 is 0 Å². The maximum Gasteiger partial charge on any atom is 0.325 e. The van der Waals surface area contributed by atoms with Crippen LogP contribution in [0.2, 0.25) is 0 Å². The third-order valence-electron chi connectivity index (χ3n) is 7.45. The Hall–Kier alpha value is -2.45. The molecule has 4 atom stereocenters. The molecule has 3 aliphatic rings. The van der Waals surface area contributed by atoms with Crippen LogP contribution in [0.25, 0.3) is 0 Å². The van der Waals surface area contributed by atoms with Gasteiger partial charge in [-0.05, 0) is 43.6 Å². The molecule has 2 saturated heterocycles. The van der Waals surface area contributed by atoms with E-state index in [0.717, 1.165) is 43.4 Å². The number of urea groups is 1. The van der Waals surface area contributed by atoms with Crippen LogP contribution in [-0.4, -0.2) is 59.4 Å². The van der Waals surface area contributed by atoms with Gasteiger partial charge in [-0.15, -0.1) is 0 Å². The zero-order chi connectivity index (χ0) is 22.7. The lowest BCUT2D eigenvalue weighted by molar-refractivity contribution is -0.140. The van der Waals surface area contributed by atoms with E-state index in [1.54, 1.807) is 11.9 Å². The average molecular weight is 442 g/mol. The van der Waals surface area contributed by atoms with Crippen molar-refractivity contribution in [2.24, 2.45) is 5.92 Å². The Morgan fingerprint density at radius 3 is 2.72 bits per heavy atom. The predicted octanol–water partition coefficient (Wildman–Crippen LogP) is 2.33. The van der Waals surface area contributed by atoms with Crippen LogP contribution in [0.3, 0.4) is 0 Å². The maximum atomic E-state index is 13.1. The number of hydrazine groups is 1. The van der Waals surface area contributed by atoms with E-state index in [2.05, 4.69) is 28.3 Å². The normalized spacial score (nSPS) is 30.1. The van der Waals surface area contributed by atoms with Crippen molar-refractivity contribution < 1.29 is 14.4 Å². The Balaban J connectivity index is 1.22. The van der Waals surface area contributed by atoms with Gasteiger partial charge < -0.3 is 10.2 Å². The Morgan fingerprint density at radius 2 is 1.97 bits per heavy atom. The summed E-state index contributed by atoms with van der Waals surface area (Å²) in [5.41, 5.74) is 7.17. The summed E-state index contributed by atoms with van der Waals surface area (Å²) in [6.45, 7) is 2.43. The van der Waals surface area contributed by atoms with E-state index in [0.29, 0.717) is 25.0 Å². The molecule has 4 amide bonds. The van der Waals surface area contributed by atoms with Crippen molar-refractivity contribution in [3.8, 4) is 0 Å². The summed E-state index contributed by atoms with van der Waals surface area (Å²) in [7, 11) is 1.74. The van der Waals surface area contributed by atoms with E-state index < -0.39 is 11.6 Å². The van der Waals surface area contributed by atoms with Gasteiger partial charge in [0.2, 0.25) is 5.91 Å². The Bertz CT molecular complexity index is 847. The van der Waals surface area contributed by atoms with Crippen LogP contribution in [0.15, 0.2) is 30.3 Å². The fourth-order valence-corrected chi connectivity index (χ4v) is 5.31. The molecule has 3 N–H and O–H groups in total. The molecule has 174 valence electrons. The van der Waals surface area contributed by atoms with Gasteiger partial charge in [0.25, 0.3) is 5.91 Å². The Labute approximate surface area is 190 Å². The van der Waals surface area contributed by atoms with Gasteiger partial charge in [0.1, 0.15) is 12.1 Å². The smallest absolute Gasteiger partial charge is 0.325 e. The number of hydrogen-bond acceptors (Lipinski definition) is 5. The van der Waals surface area contributed by atoms with Crippen LogP contribution in [0.1, 0.15) is 63.5 Å². The van der Waals surface area contributed by atoms with Crippen molar-refractivity contribution in [3.05, 3.63) is 35.9 Å². The summed E-state index contributed by atoms with van der Waals surface area (Å²) >= 11 is 0. The lowest BCUT2D eigenvalue weighted by atomic mass is 9.73. The molecule has 1 aromatic carbocycles. The first kappa shape index (κ1) is 22.7. The van der Waals surface area contributed by atoms with E-state index in [9.17, 15) is 14.4 Å². The Morgan fingerprint density at radius 1 is 1.19 bits per heavy atom. The van der Waals surface area contributed by atoms with Crippen molar-refractivity contribution in [2.75, 3.05) is 20.1 Å².